The summed E-state index contributed by atoms with van der Waals surface area (Å²) in [6, 6.07) is -0.302. The number of carboxylic acid groups (broad SMARTS) is 1. The summed E-state index contributed by atoms with van der Waals surface area (Å²) in [6.07, 6.45) is 0. The fourth-order valence-electron chi connectivity index (χ4n) is 1.65. The Morgan fingerprint density at radius 1 is 1.56 bits per heavy atom. The van der Waals surface area contributed by atoms with Gasteiger partial charge in [0.1, 0.15) is 10.9 Å². The molecule has 1 atom stereocenters. The number of carbonyl (C=O) groups is 2. The van der Waals surface area contributed by atoms with Gasteiger partial charge in [-0.3, -0.25) is 4.79 Å². The van der Waals surface area contributed by atoms with E-state index in [1.54, 1.807) is 5.38 Å². The predicted molar refractivity (Wildman–Crippen MR) is 62.2 cm³/mol. The molecule has 0 fully saturated rings. The molecule has 0 bridgehead atoms. The summed E-state index contributed by atoms with van der Waals surface area (Å²) < 4.78 is 0. The van der Waals surface area contributed by atoms with Crippen molar-refractivity contribution in [1.82, 2.24) is 0 Å². The first kappa shape index (κ1) is 10.9. The molecule has 3 N–H and O–H groups in total. The van der Waals surface area contributed by atoms with Crippen molar-refractivity contribution in [3.05, 3.63) is 10.3 Å². The van der Waals surface area contributed by atoms with Gasteiger partial charge in [0.15, 0.2) is 0 Å². The maximum Gasteiger partial charge on any atom is 0.348 e. The van der Waals surface area contributed by atoms with Crippen molar-refractivity contribution in [3.63, 3.8) is 0 Å². The monoisotopic (exact) mass is 240 g/mol. The molecule has 0 saturated carbocycles. The summed E-state index contributed by atoms with van der Waals surface area (Å²) >= 11 is 1.11. The minimum Gasteiger partial charge on any atom is -0.477 e. The maximum absolute atomic E-state index is 11.7. The molecule has 0 radical (unpaired) electrons. The Balaban J connectivity index is 2.37. The van der Waals surface area contributed by atoms with Crippen LogP contribution in [0.15, 0.2) is 5.38 Å². The van der Waals surface area contributed by atoms with E-state index >= 15 is 0 Å². The largest absolute Gasteiger partial charge is 0.477 e. The second-order valence-corrected chi connectivity index (χ2v) is 4.89. The van der Waals surface area contributed by atoms with E-state index in [2.05, 4.69) is 10.6 Å². The molecule has 6 heteroatoms. The number of carbonyl (C=O) groups excluding carboxylic acids is 1. The molecule has 0 spiro atoms. The number of nitrogens with one attached hydrogen (secondary N) is 2. The Hall–Kier alpha value is -1.56. The first-order valence-corrected chi connectivity index (χ1v) is 5.81. The van der Waals surface area contributed by atoms with E-state index in [4.69, 9.17) is 5.11 Å². The molecule has 86 valence electrons. The zero-order valence-electron chi connectivity index (χ0n) is 8.90. The van der Waals surface area contributed by atoms with Crippen molar-refractivity contribution in [1.29, 1.82) is 0 Å². The lowest BCUT2D eigenvalue weighted by molar-refractivity contribution is -0.117. The third-order valence-electron chi connectivity index (χ3n) is 2.49. The molecular weight excluding hydrogens is 228 g/mol. The Kier molecular flexibility index (Phi) is 2.59. The fraction of sp³-hybridized carbons (Fsp3) is 0.400. The van der Waals surface area contributed by atoms with Gasteiger partial charge in [0, 0.05) is 5.38 Å². The van der Waals surface area contributed by atoms with E-state index in [1.165, 1.54) is 0 Å². The number of aromatic carboxylic acids is 1. The Morgan fingerprint density at radius 3 is 2.81 bits per heavy atom. The summed E-state index contributed by atoms with van der Waals surface area (Å²) in [6.45, 7) is 3.87. The molecule has 1 aliphatic heterocycles. The molecule has 0 unspecified atom stereocenters. The lowest BCUT2D eigenvalue weighted by Gasteiger charge is -2.27. The average molecular weight is 240 g/mol. The quantitative estimate of drug-likeness (QED) is 0.737. The SMILES string of the molecule is CC(C)[C@@H]1Nc2csc(C(=O)O)c2NC1=O. The topological polar surface area (TPSA) is 78.4 Å². The van der Waals surface area contributed by atoms with Gasteiger partial charge in [-0.15, -0.1) is 11.3 Å². The van der Waals surface area contributed by atoms with Gasteiger partial charge in [0.2, 0.25) is 5.91 Å². The number of carboxylic acids is 1. The highest BCUT2D eigenvalue weighted by molar-refractivity contribution is 7.13. The number of fused-ring (bicyclic) bond motifs is 1. The van der Waals surface area contributed by atoms with Crippen LogP contribution in [-0.2, 0) is 4.79 Å². The standard InChI is InChI=1S/C10H12N2O3S/c1-4(2)6-9(13)12-7-5(11-6)3-16-8(7)10(14)15/h3-4,6,11H,1-2H3,(H,12,13)(H,14,15)/t6-/m0/s1. The smallest absolute Gasteiger partial charge is 0.348 e. The van der Waals surface area contributed by atoms with Gasteiger partial charge >= 0.3 is 5.97 Å². The van der Waals surface area contributed by atoms with Gasteiger partial charge in [0.25, 0.3) is 0 Å². The van der Waals surface area contributed by atoms with Crippen molar-refractivity contribution in [2.75, 3.05) is 10.6 Å². The van der Waals surface area contributed by atoms with Crippen LogP contribution >= 0.6 is 11.3 Å². The third-order valence-corrected chi connectivity index (χ3v) is 3.46. The summed E-state index contributed by atoms with van der Waals surface area (Å²) in [4.78, 5) is 22.8. The van der Waals surface area contributed by atoms with Crippen LogP contribution in [0, 0.1) is 5.92 Å². The van der Waals surface area contributed by atoms with Crippen molar-refractivity contribution in [2.45, 2.75) is 19.9 Å². The number of anilines is 2. The van der Waals surface area contributed by atoms with E-state index in [0.717, 1.165) is 11.3 Å². The van der Waals surface area contributed by atoms with Crippen LogP contribution in [0.1, 0.15) is 23.5 Å². The van der Waals surface area contributed by atoms with Crippen LogP contribution in [-0.4, -0.2) is 23.0 Å². The molecule has 16 heavy (non-hydrogen) atoms. The van der Waals surface area contributed by atoms with Gasteiger partial charge < -0.3 is 15.7 Å². The van der Waals surface area contributed by atoms with Crippen LogP contribution in [0.3, 0.4) is 0 Å². The van der Waals surface area contributed by atoms with E-state index in [-0.39, 0.29) is 22.7 Å². The zero-order valence-corrected chi connectivity index (χ0v) is 9.72. The lowest BCUT2D eigenvalue weighted by Crippen LogP contribution is -2.42. The minimum atomic E-state index is -1.02. The van der Waals surface area contributed by atoms with Gasteiger partial charge in [-0.25, -0.2) is 4.79 Å². The summed E-state index contributed by atoms with van der Waals surface area (Å²) in [5.74, 6) is -1.04. The number of rotatable bonds is 2. The highest BCUT2D eigenvalue weighted by atomic mass is 32.1. The number of thiophene rings is 1. The molecule has 1 aromatic heterocycles. The van der Waals surface area contributed by atoms with Crippen LogP contribution in [0.4, 0.5) is 11.4 Å². The fourth-order valence-corrected chi connectivity index (χ4v) is 2.45. The molecule has 1 aliphatic rings. The van der Waals surface area contributed by atoms with Crippen LogP contribution in [0.5, 0.6) is 0 Å². The zero-order chi connectivity index (χ0) is 11.9. The first-order chi connectivity index (χ1) is 7.50. The van der Waals surface area contributed by atoms with Crippen molar-refractivity contribution < 1.29 is 14.7 Å². The average Bonchev–Trinajstić information content (AvgIpc) is 2.58. The lowest BCUT2D eigenvalue weighted by atomic mass is 10.0. The van der Waals surface area contributed by atoms with Gasteiger partial charge in [-0.1, -0.05) is 13.8 Å². The Labute approximate surface area is 96.5 Å². The highest BCUT2D eigenvalue weighted by Gasteiger charge is 2.31. The van der Waals surface area contributed by atoms with Gasteiger partial charge in [-0.2, -0.15) is 0 Å². The maximum atomic E-state index is 11.7. The third kappa shape index (κ3) is 1.65. The van der Waals surface area contributed by atoms with Crippen LogP contribution in [0.2, 0.25) is 0 Å². The second-order valence-electron chi connectivity index (χ2n) is 4.01. The molecule has 1 aromatic rings. The predicted octanol–water partition coefficient (Wildman–Crippen LogP) is 1.83. The Bertz CT molecular complexity index is 453. The summed E-state index contributed by atoms with van der Waals surface area (Å²) in [7, 11) is 0. The van der Waals surface area contributed by atoms with Gasteiger partial charge in [-0.05, 0) is 5.92 Å². The number of hydrogen-bond donors (Lipinski definition) is 3. The van der Waals surface area contributed by atoms with E-state index in [0.29, 0.717) is 11.4 Å². The Morgan fingerprint density at radius 2 is 2.25 bits per heavy atom. The van der Waals surface area contributed by atoms with Crippen molar-refractivity contribution in [2.24, 2.45) is 5.92 Å². The number of hydrogen-bond acceptors (Lipinski definition) is 4. The normalized spacial score (nSPS) is 18.9. The second kappa shape index (κ2) is 3.79. The molecule has 0 aliphatic carbocycles. The molecule has 2 rings (SSSR count). The molecule has 1 amide bonds. The molecule has 2 heterocycles. The van der Waals surface area contributed by atoms with Crippen LogP contribution in [0.25, 0.3) is 0 Å². The van der Waals surface area contributed by atoms with E-state index in [9.17, 15) is 9.59 Å². The molecule has 5 nitrogen and oxygen atoms in total. The molecule has 0 aromatic carbocycles. The van der Waals surface area contributed by atoms with E-state index < -0.39 is 5.97 Å². The first-order valence-electron chi connectivity index (χ1n) is 4.93. The number of amides is 1. The van der Waals surface area contributed by atoms with Crippen molar-refractivity contribution >= 4 is 34.6 Å². The molecular formula is C10H12N2O3S. The summed E-state index contributed by atoms with van der Waals surface area (Å²) in [5.41, 5.74) is 1.08. The van der Waals surface area contributed by atoms with E-state index in [1.807, 2.05) is 13.8 Å². The highest BCUT2D eigenvalue weighted by Crippen LogP contribution is 2.36. The van der Waals surface area contributed by atoms with Crippen LogP contribution < -0.4 is 10.6 Å². The summed E-state index contributed by atoms with van der Waals surface area (Å²) in [5, 5.41) is 16.3. The van der Waals surface area contributed by atoms with Crippen molar-refractivity contribution in [3.8, 4) is 0 Å². The molecule has 0 saturated heterocycles. The minimum absolute atomic E-state index is 0.154. The van der Waals surface area contributed by atoms with Gasteiger partial charge in [0.05, 0.1) is 11.4 Å².